The number of nitrogens with one attached hydrogen (secondary N) is 1. The van der Waals surface area contributed by atoms with E-state index in [0.717, 1.165) is 18.4 Å². The SMILES string of the molecule is C[C@@H]1CC(NC[C@H](c2cnn(C)c2)N(C)C)C[C@H](C)C1. The molecular weight excluding hydrogens is 248 g/mol. The van der Waals surface area contributed by atoms with Crippen molar-refractivity contribution in [2.45, 2.75) is 45.2 Å². The van der Waals surface area contributed by atoms with E-state index in [4.69, 9.17) is 0 Å². The number of nitrogens with zero attached hydrogens (tertiary/aromatic N) is 3. The molecule has 1 fully saturated rings. The molecule has 4 heteroatoms. The van der Waals surface area contributed by atoms with Crippen molar-refractivity contribution in [1.29, 1.82) is 0 Å². The number of hydrogen-bond acceptors (Lipinski definition) is 3. The molecule has 1 unspecified atom stereocenters. The van der Waals surface area contributed by atoms with Gasteiger partial charge in [-0.15, -0.1) is 0 Å². The summed E-state index contributed by atoms with van der Waals surface area (Å²) in [7, 11) is 6.27. The normalized spacial score (nSPS) is 28.8. The molecule has 0 aromatic carbocycles. The minimum Gasteiger partial charge on any atom is -0.312 e. The van der Waals surface area contributed by atoms with Crippen LogP contribution in [0.2, 0.25) is 0 Å². The van der Waals surface area contributed by atoms with Crippen LogP contribution in [0.5, 0.6) is 0 Å². The molecule has 1 N–H and O–H groups in total. The van der Waals surface area contributed by atoms with Crippen molar-refractivity contribution in [3.05, 3.63) is 18.0 Å². The second kappa shape index (κ2) is 6.72. The first-order valence-electron chi connectivity index (χ1n) is 7.84. The Morgan fingerprint density at radius 2 is 1.95 bits per heavy atom. The first-order valence-corrected chi connectivity index (χ1v) is 7.84. The zero-order valence-corrected chi connectivity index (χ0v) is 13.6. The van der Waals surface area contributed by atoms with E-state index < -0.39 is 0 Å². The van der Waals surface area contributed by atoms with Crippen LogP contribution in [0, 0.1) is 11.8 Å². The minimum atomic E-state index is 0.399. The van der Waals surface area contributed by atoms with Crippen LogP contribution in [0.3, 0.4) is 0 Å². The largest absolute Gasteiger partial charge is 0.312 e. The Balaban J connectivity index is 1.92. The lowest BCUT2D eigenvalue weighted by Crippen LogP contribution is -2.40. The predicted molar refractivity (Wildman–Crippen MR) is 83.6 cm³/mol. The summed E-state index contributed by atoms with van der Waals surface area (Å²) < 4.78 is 1.89. The minimum absolute atomic E-state index is 0.399. The smallest absolute Gasteiger partial charge is 0.0538 e. The molecule has 0 radical (unpaired) electrons. The van der Waals surface area contributed by atoms with Crippen LogP contribution in [0.25, 0.3) is 0 Å². The summed E-state index contributed by atoms with van der Waals surface area (Å²) in [6, 6.07) is 1.07. The van der Waals surface area contributed by atoms with Gasteiger partial charge in [0, 0.05) is 37.4 Å². The summed E-state index contributed by atoms with van der Waals surface area (Å²) >= 11 is 0. The molecule has 1 aliphatic carbocycles. The van der Waals surface area contributed by atoms with Crippen molar-refractivity contribution in [2.24, 2.45) is 18.9 Å². The molecule has 4 nitrogen and oxygen atoms in total. The average Bonchev–Trinajstić information content (AvgIpc) is 2.74. The van der Waals surface area contributed by atoms with Gasteiger partial charge < -0.3 is 10.2 Å². The lowest BCUT2D eigenvalue weighted by molar-refractivity contribution is 0.216. The van der Waals surface area contributed by atoms with Crippen molar-refractivity contribution in [3.63, 3.8) is 0 Å². The lowest BCUT2D eigenvalue weighted by atomic mass is 9.80. The Morgan fingerprint density at radius 1 is 1.30 bits per heavy atom. The van der Waals surface area contributed by atoms with Gasteiger partial charge in [0.2, 0.25) is 0 Å². The second-order valence-electron chi connectivity index (χ2n) is 6.95. The summed E-state index contributed by atoms with van der Waals surface area (Å²) in [4.78, 5) is 2.28. The standard InChI is InChI=1S/C16H30N4/c1-12-6-13(2)8-15(7-12)17-10-16(19(3)4)14-9-18-20(5)11-14/h9,11-13,15-17H,6-8,10H2,1-5H3/t12-,13+,15?,16-/m1/s1. The quantitative estimate of drug-likeness (QED) is 0.898. The van der Waals surface area contributed by atoms with E-state index in [1.165, 1.54) is 24.8 Å². The van der Waals surface area contributed by atoms with Gasteiger partial charge in [0.05, 0.1) is 6.20 Å². The van der Waals surface area contributed by atoms with Crippen LogP contribution >= 0.6 is 0 Å². The van der Waals surface area contributed by atoms with Gasteiger partial charge in [-0.1, -0.05) is 13.8 Å². The molecule has 0 saturated heterocycles. The van der Waals surface area contributed by atoms with Crippen molar-refractivity contribution in [2.75, 3.05) is 20.6 Å². The maximum Gasteiger partial charge on any atom is 0.0538 e. The van der Waals surface area contributed by atoms with Crippen molar-refractivity contribution >= 4 is 0 Å². The third kappa shape index (κ3) is 4.06. The molecule has 114 valence electrons. The van der Waals surface area contributed by atoms with Gasteiger partial charge in [0.1, 0.15) is 0 Å². The van der Waals surface area contributed by atoms with E-state index in [1.54, 1.807) is 0 Å². The summed E-state index contributed by atoms with van der Waals surface area (Å²) in [5.41, 5.74) is 1.29. The molecule has 1 aliphatic rings. The van der Waals surface area contributed by atoms with Crippen molar-refractivity contribution < 1.29 is 0 Å². The third-order valence-electron chi connectivity index (χ3n) is 4.51. The molecule has 1 aromatic rings. The van der Waals surface area contributed by atoms with Crippen molar-refractivity contribution in [1.82, 2.24) is 20.0 Å². The molecule has 1 aromatic heterocycles. The second-order valence-corrected chi connectivity index (χ2v) is 6.95. The maximum absolute atomic E-state index is 4.30. The molecule has 0 aliphatic heterocycles. The Morgan fingerprint density at radius 3 is 2.45 bits per heavy atom. The van der Waals surface area contributed by atoms with Crippen LogP contribution in [-0.2, 0) is 7.05 Å². The van der Waals surface area contributed by atoms with Crippen LogP contribution in [0.15, 0.2) is 12.4 Å². The van der Waals surface area contributed by atoms with Gasteiger partial charge in [-0.25, -0.2) is 0 Å². The zero-order valence-electron chi connectivity index (χ0n) is 13.6. The number of aromatic nitrogens is 2. The number of rotatable bonds is 5. The maximum atomic E-state index is 4.30. The summed E-state index contributed by atoms with van der Waals surface area (Å²) in [6.45, 7) is 5.77. The Bertz CT molecular complexity index is 402. The monoisotopic (exact) mass is 278 g/mol. The number of aryl methyl sites for hydroxylation is 1. The van der Waals surface area contributed by atoms with Gasteiger partial charge >= 0.3 is 0 Å². The Kier molecular flexibility index (Phi) is 5.22. The molecule has 1 heterocycles. The predicted octanol–water partition coefficient (Wildman–Crippen LogP) is 2.44. The Hall–Kier alpha value is -0.870. The van der Waals surface area contributed by atoms with Gasteiger partial charge in [-0.3, -0.25) is 4.68 Å². The summed E-state index contributed by atoms with van der Waals surface area (Å²) in [5.74, 6) is 1.71. The molecule has 0 amide bonds. The zero-order chi connectivity index (χ0) is 14.7. The van der Waals surface area contributed by atoms with Crippen LogP contribution < -0.4 is 5.32 Å². The van der Waals surface area contributed by atoms with Crippen LogP contribution in [0.1, 0.15) is 44.7 Å². The fraction of sp³-hybridized carbons (Fsp3) is 0.812. The van der Waals surface area contributed by atoms with E-state index in [-0.39, 0.29) is 0 Å². The van der Waals surface area contributed by atoms with Gasteiger partial charge in [-0.2, -0.15) is 5.10 Å². The number of hydrogen-bond donors (Lipinski definition) is 1. The molecule has 20 heavy (non-hydrogen) atoms. The van der Waals surface area contributed by atoms with E-state index >= 15 is 0 Å². The average molecular weight is 278 g/mol. The lowest BCUT2D eigenvalue weighted by Gasteiger charge is -2.34. The topological polar surface area (TPSA) is 33.1 Å². The third-order valence-corrected chi connectivity index (χ3v) is 4.51. The molecule has 0 bridgehead atoms. The molecule has 1 saturated carbocycles. The van der Waals surface area contributed by atoms with Crippen molar-refractivity contribution in [3.8, 4) is 0 Å². The molecule has 0 spiro atoms. The highest BCUT2D eigenvalue weighted by molar-refractivity contribution is 5.11. The van der Waals surface area contributed by atoms with E-state index in [1.807, 2.05) is 17.9 Å². The molecule has 4 atom stereocenters. The first-order chi connectivity index (χ1) is 9.45. The van der Waals surface area contributed by atoms with E-state index in [2.05, 4.69) is 49.5 Å². The van der Waals surface area contributed by atoms with Gasteiger partial charge in [0.15, 0.2) is 0 Å². The highest BCUT2D eigenvalue weighted by Gasteiger charge is 2.25. The summed E-state index contributed by atoms with van der Waals surface area (Å²) in [5, 5.41) is 8.09. The van der Waals surface area contributed by atoms with E-state index in [0.29, 0.717) is 12.1 Å². The Labute approximate surface area is 123 Å². The fourth-order valence-electron chi connectivity index (χ4n) is 3.60. The summed E-state index contributed by atoms with van der Waals surface area (Å²) in [6.07, 6.45) is 8.13. The number of likely N-dealkylation sites (N-methyl/N-ethyl adjacent to an activating group) is 1. The molecule has 2 rings (SSSR count). The van der Waals surface area contributed by atoms with Crippen LogP contribution in [-0.4, -0.2) is 41.4 Å². The van der Waals surface area contributed by atoms with E-state index in [9.17, 15) is 0 Å². The van der Waals surface area contributed by atoms with Gasteiger partial charge in [-0.05, 0) is 45.2 Å². The fourth-order valence-corrected chi connectivity index (χ4v) is 3.60. The molecular formula is C16H30N4. The first kappa shape index (κ1) is 15.5. The highest BCUT2D eigenvalue weighted by Crippen LogP contribution is 2.29. The van der Waals surface area contributed by atoms with Gasteiger partial charge in [0.25, 0.3) is 0 Å². The highest BCUT2D eigenvalue weighted by atomic mass is 15.2. The van der Waals surface area contributed by atoms with Crippen LogP contribution in [0.4, 0.5) is 0 Å².